The largest absolute Gasteiger partial charge is 0.369 e. The number of anilines is 3. The van der Waals surface area contributed by atoms with E-state index in [0.29, 0.717) is 16.6 Å². The van der Waals surface area contributed by atoms with Crippen molar-refractivity contribution in [3.05, 3.63) is 148 Å². The molecule has 6 aromatic rings. The molecular formula is C44H45ClN8O4S. The SMILES string of the molecule is CN(c1ccc(S(=O)(=O)Nc2ncnc3cc(N4CCN(Cc5ccccc5-c5ccc(Cl)cc5)CC4)ccc23)cc1[N+](=O)[O-])C1CCN(Cc2ccccc2)CC1. The zero-order valence-corrected chi connectivity index (χ0v) is 33.8. The van der Waals surface area contributed by atoms with E-state index < -0.39 is 14.9 Å². The number of aromatic nitrogens is 2. The van der Waals surface area contributed by atoms with Gasteiger partial charge in [0.15, 0.2) is 5.82 Å². The number of fused-ring (bicyclic) bond motifs is 1. The second-order valence-electron chi connectivity index (χ2n) is 15.0. The first kappa shape index (κ1) is 39.2. The summed E-state index contributed by atoms with van der Waals surface area (Å²) in [5.74, 6) is 0.104. The molecule has 0 saturated carbocycles. The number of nitro groups is 1. The first-order chi connectivity index (χ1) is 28.1. The van der Waals surface area contributed by atoms with Crippen LogP contribution < -0.4 is 14.5 Å². The van der Waals surface area contributed by atoms with Crippen LogP contribution in [0.3, 0.4) is 0 Å². The van der Waals surface area contributed by atoms with Crippen molar-refractivity contribution in [2.75, 3.05) is 60.8 Å². The van der Waals surface area contributed by atoms with Crippen LogP contribution in [0.15, 0.2) is 126 Å². The predicted octanol–water partition coefficient (Wildman–Crippen LogP) is 8.08. The maximum atomic E-state index is 13.7. The van der Waals surface area contributed by atoms with Crippen molar-refractivity contribution in [2.24, 2.45) is 0 Å². The van der Waals surface area contributed by atoms with Gasteiger partial charge in [-0.15, -0.1) is 0 Å². The molecule has 0 atom stereocenters. The summed E-state index contributed by atoms with van der Waals surface area (Å²) in [6, 6.07) is 36.6. The monoisotopic (exact) mass is 816 g/mol. The normalized spacial score (nSPS) is 15.7. The number of benzene rings is 5. The number of nitrogens with one attached hydrogen (secondary N) is 1. The molecule has 2 fully saturated rings. The maximum Gasteiger partial charge on any atom is 0.293 e. The van der Waals surface area contributed by atoms with Gasteiger partial charge in [0.05, 0.1) is 15.3 Å². The van der Waals surface area contributed by atoms with Gasteiger partial charge in [0.1, 0.15) is 12.0 Å². The third-order valence-corrected chi connectivity index (χ3v) is 12.9. The second kappa shape index (κ2) is 17.1. The van der Waals surface area contributed by atoms with Crippen molar-refractivity contribution < 1.29 is 13.3 Å². The number of halogens is 1. The Kier molecular flexibility index (Phi) is 11.6. The summed E-state index contributed by atoms with van der Waals surface area (Å²) in [6.07, 6.45) is 3.00. The van der Waals surface area contributed by atoms with Gasteiger partial charge in [-0.1, -0.05) is 78.3 Å². The predicted molar refractivity (Wildman–Crippen MR) is 231 cm³/mol. The third kappa shape index (κ3) is 8.77. The van der Waals surface area contributed by atoms with Gasteiger partial charge >= 0.3 is 0 Å². The number of piperidine rings is 1. The fourth-order valence-electron chi connectivity index (χ4n) is 8.10. The van der Waals surface area contributed by atoms with E-state index in [4.69, 9.17) is 11.6 Å². The Bertz CT molecular complexity index is 2510. The Morgan fingerprint density at radius 3 is 2.26 bits per heavy atom. The summed E-state index contributed by atoms with van der Waals surface area (Å²) in [5, 5.41) is 13.6. The van der Waals surface area contributed by atoms with Crippen LogP contribution in [0.5, 0.6) is 0 Å². The minimum absolute atomic E-state index is 0.0794. The highest BCUT2D eigenvalue weighted by molar-refractivity contribution is 7.92. The quantitative estimate of drug-likeness (QED) is 0.0957. The van der Waals surface area contributed by atoms with Crippen LogP contribution in [-0.2, 0) is 23.1 Å². The Morgan fingerprint density at radius 2 is 1.52 bits per heavy atom. The summed E-state index contributed by atoms with van der Waals surface area (Å²) < 4.78 is 30.1. The summed E-state index contributed by atoms with van der Waals surface area (Å²) in [6.45, 7) is 6.79. The molecule has 58 heavy (non-hydrogen) atoms. The van der Waals surface area contributed by atoms with E-state index >= 15 is 0 Å². The van der Waals surface area contributed by atoms with Gasteiger partial charge in [0.2, 0.25) is 0 Å². The van der Waals surface area contributed by atoms with Crippen LogP contribution in [0.2, 0.25) is 5.02 Å². The molecule has 0 spiro atoms. The van der Waals surface area contributed by atoms with Gasteiger partial charge < -0.3 is 9.80 Å². The van der Waals surface area contributed by atoms with Crippen molar-refractivity contribution in [3.8, 4) is 11.1 Å². The lowest BCUT2D eigenvalue weighted by Gasteiger charge is -2.37. The Balaban J connectivity index is 0.918. The number of piperazine rings is 1. The fraction of sp³-hybridized carbons (Fsp3) is 0.273. The number of nitrogens with zero attached hydrogens (tertiary/aromatic N) is 7. The number of sulfonamides is 1. The smallest absolute Gasteiger partial charge is 0.293 e. The summed E-state index contributed by atoms with van der Waals surface area (Å²) in [5.41, 5.74) is 6.55. The zero-order chi connectivity index (χ0) is 40.2. The molecule has 14 heteroatoms. The van der Waals surface area contributed by atoms with E-state index in [1.165, 1.54) is 35.2 Å². The number of hydrogen-bond donors (Lipinski definition) is 1. The van der Waals surface area contributed by atoms with Gasteiger partial charge in [-0.3, -0.25) is 24.6 Å². The lowest BCUT2D eigenvalue weighted by atomic mass is 9.99. The minimum atomic E-state index is -4.24. The molecule has 2 aliphatic rings. The molecule has 2 saturated heterocycles. The average Bonchev–Trinajstić information content (AvgIpc) is 3.24. The van der Waals surface area contributed by atoms with Crippen LogP contribution in [0.25, 0.3) is 22.0 Å². The highest BCUT2D eigenvalue weighted by atomic mass is 35.5. The van der Waals surface area contributed by atoms with Crippen molar-refractivity contribution in [2.45, 2.75) is 36.9 Å². The summed E-state index contributed by atoms with van der Waals surface area (Å²) >= 11 is 6.14. The second-order valence-corrected chi connectivity index (χ2v) is 17.1. The van der Waals surface area contributed by atoms with E-state index in [0.717, 1.165) is 87.5 Å². The zero-order valence-electron chi connectivity index (χ0n) is 32.2. The molecule has 0 unspecified atom stereocenters. The molecule has 0 aliphatic carbocycles. The summed E-state index contributed by atoms with van der Waals surface area (Å²) in [4.78, 5) is 29.4. The molecule has 3 heterocycles. The lowest BCUT2D eigenvalue weighted by molar-refractivity contribution is -0.384. The van der Waals surface area contributed by atoms with Crippen LogP contribution in [0.1, 0.15) is 24.0 Å². The van der Waals surface area contributed by atoms with Crippen LogP contribution >= 0.6 is 11.6 Å². The van der Waals surface area contributed by atoms with E-state index in [2.05, 4.69) is 77.9 Å². The van der Waals surface area contributed by atoms with Crippen molar-refractivity contribution in [3.63, 3.8) is 0 Å². The van der Waals surface area contributed by atoms with E-state index in [1.807, 2.05) is 60.5 Å². The summed E-state index contributed by atoms with van der Waals surface area (Å²) in [7, 11) is -2.40. The van der Waals surface area contributed by atoms with E-state index in [1.54, 1.807) is 0 Å². The minimum Gasteiger partial charge on any atom is -0.369 e. The number of hydrogen-bond acceptors (Lipinski definition) is 10. The maximum absolute atomic E-state index is 13.7. The molecule has 12 nitrogen and oxygen atoms in total. The van der Waals surface area contributed by atoms with Crippen LogP contribution in [0, 0.1) is 10.1 Å². The molecule has 298 valence electrons. The molecule has 1 aromatic heterocycles. The number of rotatable bonds is 12. The Labute approximate surface area is 343 Å². The molecule has 8 rings (SSSR count). The highest BCUT2D eigenvalue weighted by Crippen LogP contribution is 2.35. The van der Waals surface area contributed by atoms with Crippen molar-refractivity contribution in [1.82, 2.24) is 19.8 Å². The molecule has 1 N–H and O–H groups in total. The van der Waals surface area contributed by atoms with Crippen LogP contribution in [0.4, 0.5) is 22.9 Å². The van der Waals surface area contributed by atoms with Gasteiger partial charge in [-0.25, -0.2) is 18.4 Å². The molecule has 0 amide bonds. The molecule has 0 radical (unpaired) electrons. The van der Waals surface area contributed by atoms with Gasteiger partial charge in [-0.2, -0.15) is 0 Å². The number of nitro benzene ring substituents is 1. The molecule has 5 aromatic carbocycles. The van der Waals surface area contributed by atoms with Gasteiger partial charge in [0.25, 0.3) is 15.7 Å². The van der Waals surface area contributed by atoms with E-state index in [-0.39, 0.29) is 22.4 Å². The Morgan fingerprint density at radius 1 is 0.810 bits per heavy atom. The van der Waals surface area contributed by atoms with Crippen LogP contribution in [-0.4, -0.2) is 85.5 Å². The third-order valence-electron chi connectivity index (χ3n) is 11.3. The highest BCUT2D eigenvalue weighted by Gasteiger charge is 2.29. The van der Waals surface area contributed by atoms with Crippen molar-refractivity contribution >= 4 is 55.4 Å². The van der Waals surface area contributed by atoms with Crippen molar-refractivity contribution in [1.29, 1.82) is 0 Å². The van der Waals surface area contributed by atoms with Gasteiger partial charge in [0, 0.05) is 87.6 Å². The lowest BCUT2D eigenvalue weighted by Crippen LogP contribution is -2.46. The Hall–Kier alpha value is -5.60. The average molecular weight is 817 g/mol. The number of likely N-dealkylation sites (tertiary alicyclic amines) is 1. The molecular weight excluding hydrogens is 772 g/mol. The molecule has 2 aliphatic heterocycles. The fourth-order valence-corrected chi connectivity index (χ4v) is 9.28. The molecule has 0 bridgehead atoms. The first-order valence-electron chi connectivity index (χ1n) is 19.5. The standard InChI is InChI=1S/C44H45ClN8O4S/c1-49(36-19-21-50(22-20-36)29-32-7-3-2-4-8-32)42-18-16-38(28-43(42)53(54)55)58(56,57)48-44-40-17-15-37(27-41(40)46-31-47-44)52-25-23-51(24-26-52)30-34-9-5-6-10-39(34)33-11-13-35(45)14-12-33/h2-18,27-28,31,36H,19-26,29-30H2,1H3,(H,46,47,48). The first-order valence-corrected chi connectivity index (χ1v) is 21.3. The van der Waals surface area contributed by atoms with Gasteiger partial charge in [-0.05, 0) is 77.6 Å². The topological polar surface area (TPSA) is 128 Å². The van der Waals surface area contributed by atoms with E-state index in [9.17, 15) is 18.5 Å².